The topological polar surface area (TPSA) is 59.4 Å². The van der Waals surface area contributed by atoms with Crippen molar-refractivity contribution in [3.05, 3.63) is 54.0 Å². The number of fused-ring (bicyclic) bond motifs is 1. The fraction of sp³-hybridized carbons (Fsp3) is 0.250. The third-order valence-corrected chi connectivity index (χ3v) is 4.59. The zero-order valence-corrected chi connectivity index (χ0v) is 14.9. The molecule has 0 spiro atoms. The molecule has 25 heavy (non-hydrogen) atoms. The second kappa shape index (κ2) is 5.84. The summed E-state index contributed by atoms with van der Waals surface area (Å²) in [6.07, 6.45) is 5.77. The highest BCUT2D eigenvalue weighted by molar-refractivity contribution is 5.94. The van der Waals surface area contributed by atoms with Gasteiger partial charge in [0.15, 0.2) is 0 Å². The van der Waals surface area contributed by atoms with Crippen LogP contribution in [-0.2, 0) is 0 Å². The average Bonchev–Trinajstić information content (AvgIpc) is 3.21. The van der Waals surface area contributed by atoms with Crippen LogP contribution in [0, 0.1) is 13.8 Å². The Kier molecular flexibility index (Phi) is 3.64. The van der Waals surface area contributed by atoms with Crippen LogP contribution in [0.1, 0.15) is 31.0 Å². The highest BCUT2D eigenvalue weighted by Crippen LogP contribution is 2.31. The molecule has 4 rings (SSSR count). The number of benzene rings is 1. The maximum Gasteiger partial charge on any atom is 0.103 e. The van der Waals surface area contributed by atoms with E-state index >= 15 is 0 Å². The first-order valence-corrected chi connectivity index (χ1v) is 8.50. The van der Waals surface area contributed by atoms with Crippen LogP contribution in [0.5, 0.6) is 0 Å². The summed E-state index contributed by atoms with van der Waals surface area (Å²) in [6, 6.07) is 8.77. The van der Waals surface area contributed by atoms with Crippen molar-refractivity contribution in [2.24, 2.45) is 0 Å². The van der Waals surface area contributed by atoms with Gasteiger partial charge in [-0.2, -0.15) is 10.2 Å². The summed E-state index contributed by atoms with van der Waals surface area (Å²) in [5, 5.41) is 13.1. The molecule has 0 saturated heterocycles. The van der Waals surface area contributed by atoms with Crippen LogP contribution in [-0.4, -0.2) is 25.0 Å². The summed E-state index contributed by atoms with van der Waals surface area (Å²) in [5.41, 5.74) is 7.48. The Labute approximate surface area is 146 Å². The van der Waals surface area contributed by atoms with Crippen LogP contribution in [0.3, 0.4) is 0 Å². The van der Waals surface area contributed by atoms with E-state index in [1.54, 1.807) is 0 Å². The van der Waals surface area contributed by atoms with E-state index in [0.717, 1.165) is 27.9 Å². The number of H-pyrrole nitrogens is 1. The fourth-order valence-corrected chi connectivity index (χ4v) is 3.23. The number of hydrogen-bond acceptors (Lipinski definition) is 3. The minimum Gasteiger partial charge on any atom is -0.276 e. The van der Waals surface area contributed by atoms with Crippen molar-refractivity contribution < 1.29 is 0 Å². The predicted molar refractivity (Wildman–Crippen MR) is 100 cm³/mol. The molecule has 0 radical (unpaired) electrons. The van der Waals surface area contributed by atoms with Crippen molar-refractivity contribution in [1.82, 2.24) is 25.0 Å². The minimum atomic E-state index is 0.325. The summed E-state index contributed by atoms with van der Waals surface area (Å²) in [7, 11) is 0. The molecule has 5 nitrogen and oxygen atoms in total. The smallest absolute Gasteiger partial charge is 0.103 e. The minimum absolute atomic E-state index is 0.325. The van der Waals surface area contributed by atoms with Gasteiger partial charge in [-0.05, 0) is 44.9 Å². The third-order valence-electron chi connectivity index (χ3n) is 4.59. The van der Waals surface area contributed by atoms with Crippen LogP contribution in [0.4, 0.5) is 0 Å². The Morgan fingerprint density at radius 2 is 1.84 bits per heavy atom. The quantitative estimate of drug-likeness (QED) is 0.592. The lowest BCUT2D eigenvalue weighted by atomic mass is 9.98. The SMILES string of the molecule is Cc1cccc(C)c1-c1cc2c(-c3cnn(C(C)C)c3)n[nH]c2cn1. The van der Waals surface area contributed by atoms with Crippen molar-refractivity contribution in [2.75, 3.05) is 0 Å². The molecule has 0 aliphatic carbocycles. The number of rotatable bonds is 3. The van der Waals surface area contributed by atoms with E-state index in [0.29, 0.717) is 6.04 Å². The first-order chi connectivity index (χ1) is 12.0. The Hall–Kier alpha value is -2.95. The third kappa shape index (κ3) is 2.61. The average molecular weight is 331 g/mol. The van der Waals surface area contributed by atoms with Gasteiger partial charge < -0.3 is 0 Å². The molecular formula is C20H21N5. The van der Waals surface area contributed by atoms with E-state index < -0.39 is 0 Å². The summed E-state index contributed by atoms with van der Waals surface area (Å²) < 4.78 is 1.95. The number of hydrogen-bond donors (Lipinski definition) is 1. The second-order valence-electron chi connectivity index (χ2n) is 6.76. The molecule has 0 aliphatic heterocycles. The Balaban J connectivity index is 1.88. The van der Waals surface area contributed by atoms with Crippen LogP contribution < -0.4 is 0 Å². The normalized spacial score (nSPS) is 11.6. The number of aromatic nitrogens is 5. The molecule has 1 N–H and O–H groups in total. The number of pyridine rings is 1. The molecule has 0 amide bonds. The second-order valence-corrected chi connectivity index (χ2v) is 6.76. The summed E-state index contributed by atoms with van der Waals surface area (Å²) >= 11 is 0. The van der Waals surface area contributed by atoms with Crippen LogP contribution in [0.25, 0.3) is 33.4 Å². The monoisotopic (exact) mass is 331 g/mol. The van der Waals surface area contributed by atoms with E-state index in [-0.39, 0.29) is 0 Å². The molecule has 0 saturated carbocycles. The van der Waals surface area contributed by atoms with Gasteiger partial charge in [-0.1, -0.05) is 18.2 Å². The number of aryl methyl sites for hydroxylation is 2. The highest BCUT2D eigenvalue weighted by atomic mass is 15.3. The van der Waals surface area contributed by atoms with E-state index in [9.17, 15) is 0 Å². The van der Waals surface area contributed by atoms with Crippen molar-refractivity contribution in [2.45, 2.75) is 33.7 Å². The Bertz CT molecular complexity index is 1030. The molecule has 3 aromatic heterocycles. The lowest BCUT2D eigenvalue weighted by Crippen LogP contribution is -1.99. The first-order valence-electron chi connectivity index (χ1n) is 8.50. The van der Waals surface area contributed by atoms with Gasteiger partial charge in [-0.3, -0.25) is 14.8 Å². The largest absolute Gasteiger partial charge is 0.276 e. The Morgan fingerprint density at radius 1 is 1.08 bits per heavy atom. The van der Waals surface area contributed by atoms with Gasteiger partial charge in [0, 0.05) is 28.8 Å². The van der Waals surface area contributed by atoms with Gasteiger partial charge in [0.2, 0.25) is 0 Å². The Morgan fingerprint density at radius 3 is 2.52 bits per heavy atom. The van der Waals surface area contributed by atoms with Gasteiger partial charge in [0.05, 0.1) is 23.6 Å². The number of aromatic amines is 1. The summed E-state index contributed by atoms with van der Waals surface area (Å²) in [4.78, 5) is 4.65. The molecule has 1 aromatic carbocycles. The lowest BCUT2D eigenvalue weighted by molar-refractivity contribution is 0.532. The molecule has 5 heteroatoms. The summed E-state index contributed by atoms with van der Waals surface area (Å²) in [5.74, 6) is 0. The van der Waals surface area contributed by atoms with E-state index in [1.165, 1.54) is 16.7 Å². The molecule has 0 bridgehead atoms. The molecule has 0 unspecified atom stereocenters. The van der Waals surface area contributed by atoms with Gasteiger partial charge >= 0.3 is 0 Å². The van der Waals surface area contributed by atoms with Gasteiger partial charge in [-0.15, -0.1) is 0 Å². The van der Waals surface area contributed by atoms with E-state index in [2.05, 4.69) is 72.2 Å². The number of nitrogens with zero attached hydrogens (tertiary/aromatic N) is 4. The predicted octanol–water partition coefficient (Wildman–Crippen LogP) is 4.69. The summed E-state index contributed by atoms with van der Waals surface area (Å²) in [6.45, 7) is 8.47. The van der Waals surface area contributed by atoms with E-state index in [4.69, 9.17) is 0 Å². The van der Waals surface area contributed by atoms with Crippen molar-refractivity contribution in [1.29, 1.82) is 0 Å². The van der Waals surface area contributed by atoms with E-state index in [1.807, 2.05) is 23.3 Å². The van der Waals surface area contributed by atoms with Crippen molar-refractivity contribution >= 4 is 10.9 Å². The molecule has 0 fully saturated rings. The standard InChI is InChI=1S/C20H21N5/c1-12(2)25-11-15(9-22-25)20-16-8-17(21-10-18(16)23-24-20)19-13(3)6-5-7-14(19)4/h5-12H,1-4H3,(H,23,24). The van der Waals surface area contributed by atoms with Crippen LogP contribution in [0.2, 0.25) is 0 Å². The maximum atomic E-state index is 4.65. The number of nitrogens with one attached hydrogen (secondary N) is 1. The first kappa shape index (κ1) is 15.6. The molecular weight excluding hydrogens is 310 g/mol. The molecule has 0 atom stereocenters. The zero-order chi connectivity index (χ0) is 17.6. The van der Waals surface area contributed by atoms with Crippen LogP contribution >= 0.6 is 0 Å². The van der Waals surface area contributed by atoms with Gasteiger partial charge in [0.25, 0.3) is 0 Å². The maximum absolute atomic E-state index is 4.65. The molecule has 126 valence electrons. The van der Waals surface area contributed by atoms with Crippen molar-refractivity contribution in [3.8, 4) is 22.5 Å². The molecule has 4 aromatic rings. The fourth-order valence-electron chi connectivity index (χ4n) is 3.23. The highest BCUT2D eigenvalue weighted by Gasteiger charge is 2.14. The zero-order valence-electron chi connectivity index (χ0n) is 14.9. The van der Waals surface area contributed by atoms with Gasteiger partial charge in [0.1, 0.15) is 5.69 Å². The van der Waals surface area contributed by atoms with Crippen LogP contribution in [0.15, 0.2) is 42.9 Å². The van der Waals surface area contributed by atoms with Crippen molar-refractivity contribution in [3.63, 3.8) is 0 Å². The lowest BCUT2D eigenvalue weighted by Gasteiger charge is -2.09. The van der Waals surface area contributed by atoms with Gasteiger partial charge in [-0.25, -0.2) is 0 Å². The molecule has 3 heterocycles. The molecule has 0 aliphatic rings.